The van der Waals surface area contributed by atoms with Crippen LogP contribution in [0.5, 0.6) is 5.75 Å². The summed E-state index contributed by atoms with van der Waals surface area (Å²) in [5.41, 5.74) is 0.0577. The Morgan fingerprint density at radius 1 is 0.342 bits per heavy atom. The summed E-state index contributed by atoms with van der Waals surface area (Å²) >= 11 is 0. The van der Waals surface area contributed by atoms with Crippen LogP contribution < -0.4 is 79.2 Å². The third-order valence-electron chi connectivity index (χ3n) is 27.3. The van der Waals surface area contributed by atoms with Crippen molar-refractivity contribution >= 4 is 82.7 Å². The Labute approximate surface area is 865 Å². The van der Waals surface area contributed by atoms with E-state index in [1.807, 2.05) is 55.4 Å². The van der Waals surface area contributed by atoms with E-state index in [0.29, 0.717) is 135 Å². The molecule has 18 N–H and O–H groups in total. The molecule has 1 aromatic carbocycles. The van der Waals surface area contributed by atoms with Gasteiger partial charge in [-0.2, -0.15) is 0 Å². The van der Waals surface area contributed by atoms with Gasteiger partial charge in [-0.15, -0.1) is 0 Å². The van der Waals surface area contributed by atoms with E-state index in [0.717, 1.165) is 64.2 Å². The number of aliphatic hydroxyl groups excluding tert-OH is 4. The second-order valence-corrected chi connectivity index (χ2v) is 39.8. The molecule has 4 saturated heterocycles. The third kappa shape index (κ3) is 50.2. The largest absolute Gasteiger partial charge is 0.494 e. The first kappa shape index (κ1) is 128. The standard InChI is InChI=1S/C105H182N14O27/c1-15-78-62-66(5)91(114-72(11)121)102(143-78)139-58-40-32-48-89(129)118-80(42-28-35-51-107-86(126)45-30-38-59-140-103-92(115-73(12)122)67(6)95(131)82(16-2)144-103)100(136)111-55-53-109-98(134)76-63-77(65-79(64-76)138-57-37-25-34-50-106-85(125)44-26-23-21-19-20-22-24-27-47-88(128)113-70(9)71(10)120)99(135)110-54-56-112-101(137)81(119-90(130)49-33-41-61-142-105-94(117-75(14)124)69(8)97(133)84(18-4)146-105)43-29-36-52-108-87(127)46-31-39-60-141-104-93(116-74(13)123)68(7)96(132)83(17-3)145-104/h63-71,78,80-84,91-97,102-105,120,131-133H,15-62H2,1-14H3,(H,106,125)(H,107,126)(H,108,127)(H,109,134)(H,110,135)(H,111,136)(H,112,137)(H,113,128)(H,114,121)(H,115,122)(H,116,123)(H,117,124)(H,118,129)(H,119,130)/t66?,67?,68?,69?,70?,71?,78?,80-,81?,82?,83?,84?,91?,92?,93?,94?,95?,96?,97?,102?,103?,104?,105?/m0/s1. The van der Waals surface area contributed by atoms with E-state index in [4.69, 9.17) is 42.6 Å². The van der Waals surface area contributed by atoms with Crippen molar-refractivity contribution < 1.29 is 130 Å². The third-order valence-corrected chi connectivity index (χ3v) is 27.3. The van der Waals surface area contributed by atoms with Crippen LogP contribution in [0.2, 0.25) is 0 Å². The van der Waals surface area contributed by atoms with Crippen LogP contribution >= 0.6 is 0 Å². The Hall–Kier alpha value is -8.88. The van der Waals surface area contributed by atoms with Crippen molar-refractivity contribution in [2.24, 2.45) is 23.7 Å². The monoisotopic (exact) mass is 2070 g/mol. The van der Waals surface area contributed by atoms with Crippen LogP contribution in [0.3, 0.4) is 0 Å². The molecule has 0 aromatic heterocycles. The minimum absolute atomic E-state index is 0.0135. The van der Waals surface area contributed by atoms with Gasteiger partial charge >= 0.3 is 0 Å². The fraction of sp³-hybridized carbons (Fsp3) is 0.810. The van der Waals surface area contributed by atoms with E-state index in [1.54, 1.807) is 13.8 Å². The van der Waals surface area contributed by atoms with Gasteiger partial charge in [0.15, 0.2) is 25.2 Å². The molecule has 1 aromatic rings. The van der Waals surface area contributed by atoms with Gasteiger partial charge in [-0.3, -0.25) is 67.1 Å². The maximum absolute atomic E-state index is 14.3. The molecule has 4 heterocycles. The van der Waals surface area contributed by atoms with Gasteiger partial charge in [-0.25, -0.2) is 0 Å². The molecule has 0 aliphatic carbocycles. The number of benzene rings is 1. The van der Waals surface area contributed by atoms with Crippen molar-refractivity contribution in [3.05, 3.63) is 29.3 Å². The average Bonchev–Trinajstić information content (AvgIpc) is 0.812. The number of nitrogens with one attached hydrogen (secondary N) is 14. The molecule has 22 unspecified atom stereocenters. The van der Waals surface area contributed by atoms with Crippen molar-refractivity contribution in [2.45, 2.75) is 444 Å². The number of carbonyl (C=O) groups is 14. The van der Waals surface area contributed by atoms with Crippen LogP contribution in [-0.4, -0.2) is 298 Å². The van der Waals surface area contributed by atoms with Crippen LogP contribution in [0.15, 0.2) is 18.2 Å². The number of aliphatic hydroxyl groups is 4. The molecule has 14 amide bonds. The van der Waals surface area contributed by atoms with Crippen LogP contribution in [0.25, 0.3) is 0 Å². The molecule has 0 bridgehead atoms. The molecule has 834 valence electrons. The predicted molar refractivity (Wildman–Crippen MR) is 547 cm³/mol. The zero-order valence-electron chi connectivity index (χ0n) is 89.6. The maximum Gasteiger partial charge on any atom is 0.251 e. The smallest absolute Gasteiger partial charge is 0.251 e. The average molecular weight is 2070 g/mol. The number of ether oxygens (including phenoxy) is 9. The lowest BCUT2D eigenvalue weighted by atomic mass is 9.87. The fourth-order valence-corrected chi connectivity index (χ4v) is 18.3. The molecule has 41 nitrogen and oxygen atoms in total. The first-order chi connectivity index (χ1) is 69.9. The van der Waals surface area contributed by atoms with Crippen LogP contribution in [0.1, 0.15) is 349 Å². The van der Waals surface area contributed by atoms with Gasteiger partial charge in [-0.05, 0) is 192 Å². The lowest BCUT2D eigenvalue weighted by Crippen LogP contribution is -2.60. The highest BCUT2D eigenvalue weighted by Gasteiger charge is 2.47. The van der Waals surface area contributed by atoms with Gasteiger partial charge in [0.25, 0.3) is 11.8 Å². The Morgan fingerprint density at radius 3 is 0.986 bits per heavy atom. The highest BCUT2D eigenvalue weighted by Crippen LogP contribution is 2.34. The summed E-state index contributed by atoms with van der Waals surface area (Å²) < 4.78 is 54.9. The van der Waals surface area contributed by atoms with Crippen LogP contribution in [-0.2, 0) is 95.4 Å². The molecule has 5 rings (SSSR count). The first-order valence-corrected chi connectivity index (χ1v) is 54.4. The number of hydrogen-bond donors (Lipinski definition) is 18. The van der Waals surface area contributed by atoms with Crippen molar-refractivity contribution in [2.75, 3.05) is 78.8 Å². The Bertz CT molecular complexity index is 4030. The Kier molecular flexibility index (Phi) is 63.4. The topological polar surface area (TPSA) is 571 Å². The number of rotatable bonds is 74. The molecular formula is C105H182N14O27. The van der Waals surface area contributed by atoms with E-state index >= 15 is 0 Å². The summed E-state index contributed by atoms with van der Waals surface area (Å²) in [6.07, 6.45) is 12.1. The first-order valence-electron chi connectivity index (χ1n) is 54.4. The fourth-order valence-electron chi connectivity index (χ4n) is 18.3. The number of amides is 14. The zero-order valence-corrected chi connectivity index (χ0v) is 89.6. The van der Waals surface area contributed by atoms with Gasteiger partial charge in [-0.1, -0.05) is 93.9 Å². The number of hydrogen-bond acceptors (Lipinski definition) is 27. The minimum atomic E-state index is -1.04. The number of carbonyl (C=O) groups excluding carboxylic acids is 14. The van der Waals surface area contributed by atoms with Gasteiger partial charge in [0.2, 0.25) is 70.9 Å². The predicted octanol–water partition coefficient (Wildman–Crippen LogP) is 6.70. The lowest BCUT2D eigenvalue weighted by molar-refractivity contribution is -0.251. The van der Waals surface area contributed by atoms with Gasteiger partial charge in [0.05, 0.1) is 85.6 Å². The molecule has 0 radical (unpaired) electrons. The molecule has 4 aliphatic heterocycles. The Balaban J connectivity index is 1.22. The molecule has 0 spiro atoms. The molecule has 146 heavy (non-hydrogen) atoms. The zero-order chi connectivity index (χ0) is 107. The van der Waals surface area contributed by atoms with E-state index < -0.39 is 134 Å². The normalized spacial score (nSPS) is 24.2. The lowest BCUT2D eigenvalue weighted by Gasteiger charge is -2.43. The van der Waals surface area contributed by atoms with E-state index in [9.17, 15) is 87.5 Å². The molecule has 23 atom stereocenters. The van der Waals surface area contributed by atoms with Crippen LogP contribution in [0.4, 0.5) is 0 Å². The summed E-state index contributed by atoms with van der Waals surface area (Å²) in [6, 6.07) is -0.111. The molecular weight excluding hydrogens is 1890 g/mol. The van der Waals surface area contributed by atoms with Gasteiger partial charge < -0.3 is 137 Å². The van der Waals surface area contributed by atoms with Crippen molar-refractivity contribution in [1.82, 2.24) is 74.4 Å². The minimum Gasteiger partial charge on any atom is -0.494 e. The highest BCUT2D eigenvalue weighted by atomic mass is 16.7. The summed E-state index contributed by atoms with van der Waals surface area (Å²) in [5, 5.41) is 82.3. The van der Waals surface area contributed by atoms with Gasteiger partial charge in [0, 0.05) is 167 Å². The van der Waals surface area contributed by atoms with Crippen LogP contribution in [0, 0.1) is 23.7 Å². The quantitative estimate of drug-likeness (QED) is 0.0302. The summed E-state index contributed by atoms with van der Waals surface area (Å²) in [5.74, 6) is -5.42. The highest BCUT2D eigenvalue weighted by molar-refractivity contribution is 6.00. The summed E-state index contributed by atoms with van der Waals surface area (Å²) in [4.78, 5) is 184. The maximum atomic E-state index is 14.3. The Morgan fingerprint density at radius 2 is 0.644 bits per heavy atom. The molecule has 0 saturated carbocycles. The second kappa shape index (κ2) is 72.5. The van der Waals surface area contributed by atoms with E-state index in [2.05, 4.69) is 74.4 Å². The van der Waals surface area contributed by atoms with Gasteiger partial charge in [0.1, 0.15) is 17.8 Å². The molecule has 4 fully saturated rings. The summed E-state index contributed by atoms with van der Waals surface area (Å²) in [7, 11) is 0. The van der Waals surface area contributed by atoms with E-state index in [-0.39, 0.29) is 217 Å². The van der Waals surface area contributed by atoms with Crippen molar-refractivity contribution in [3.63, 3.8) is 0 Å². The van der Waals surface area contributed by atoms with Crippen molar-refractivity contribution in [1.29, 1.82) is 0 Å². The molecule has 41 heteroatoms. The second-order valence-electron chi connectivity index (χ2n) is 39.8. The SMILES string of the molecule is CCC1CC(C)C(NC(C)=O)C(OCCCCC(=O)N[C@@H](CCCCNC(=O)CCCCOC2OC(CC)C(O)C(C)C2NC(C)=O)C(=O)NCCNC(=O)c2cc(OCCCCCNC(=O)CCCCCCCCCCC(=O)NC(C)C(C)O)cc(C(=O)NCCNC(=O)C(CCCCNC(=O)CCCCOC3OC(CC)C(O)C(C)C3NC(C)=O)NC(=O)CCCCOC3OC(CC)C(O)C(C)C3NC(C)=O)c2)O1. The number of unbranched alkanes of at least 4 members (excludes halogenated alkanes) is 15. The molecule has 4 aliphatic rings. The van der Waals surface area contributed by atoms with E-state index in [1.165, 1.54) is 45.9 Å². The van der Waals surface area contributed by atoms with Crippen molar-refractivity contribution in [3.8, 4) is 5.75 Å². The summed E-state index contributed by atoms with van der Waals surface area (Å²) in [6.45, 7) is 25.9.